The summed E-state index contributed by atoms with van der Waals surface area (Å²) in [5.74, 6) is 0.201. The number of hydrogen-bond acceptors (Lipinski definition) is 6. The van der Waals surface area contributed by atoms with Crippen molar-refractivity contribution < 1.29 is 23.6 Å². The van der Waals surface area contributed by atoms with Crippen molar-refractivity contribution in [1.82, 2.24) is 10.5 Å². The van der Waals surface area contributed by atoms with Crippen molar-refractivity contribution in [2.45, 2.75) is 52.1 Å². The molecule has 0 aliphatic rings. The Morgan fingerprint density at radius 3 is 2.35 bits per heavy atom. The molecule has 0 saturated heterocycles. The molecule has 3 rings (SSSR count). The number of rotatable bonds is 9. The number of anilines is 2. The van der Waals surface area contributed by atoms with Gasteiger partial charge in [0.05, 0.1) is 7.11 Å². The second-order valence-corrected chi connectivity index (χ2v) is 9.97. The van der Waals surface area contributed by atoms with E-state index >= 15 is 0 Å². The Morgan fingerprint density at radius 2 is 1.78 bits per heavy atom. The highest BCUT2D eigenvalue weighted by Crippen LogP contribution is 2.32. The van der Waals surface area contributed by atoms with Crippen molar-refractivity contribution in [2.24, 2.45) is 0 Å². The van der Waals surface area contributed by atoms with E-state index in [1.165, 1.54) is 4.90 Å². The van der Waals surface area contributed by atoms with Crippen LogP contribution >= 0.6 is 11.6 Å². The molecule has 0 aliphatic carbocycles. The number of ether oxygens (including phenoxy) is 1. The number of aryl methyl sites for hydroxylation is 1. The molecule has 0 bridgehead atoms. The highest BCUT2D eigenvalue weighted by atomic mass is 35.5. The fourth-order valence-electron chi connectivity index (χ4n) is 3.68. The monoisotopic (exact) mass is 526 g/mol. The first kappa shape index (κ1) is 27.7. The molecule has 10 heteroatoms. The highest BCUT2D eigenvalue weighted by molar-refractivity contribution is 6.31. The summed E-state index contributed by atoms with van der Waals surface area (Å²) in [4.78, 5) is 41.2. The van der Waals surface area contributed by atoms with E-state index in [1.807, 2.05) is 20.8 Å². The molecular formula is C27H31ClN4O5. The van der Waals surface area contributed by atoms with Crippen LogP contribution < -0.4 is 20.3 Å². The number of aromatic nitrogens is 1. The number of methoxy groups -OCH3 is 1. The summed E-state index contributed by atoms with van der Waals surface area (Å²) >= 11 is 6.25. The van der Waals surface area contributed by atoms with E-state index in [0.717, 1.165) is 0 Å². The van der Waals surface area contributed by atoms with E-state index in [1.54, 1.807) is 68.6 Å². The van der Waals surface area contributed by atoms with Crippen molar-refractivity contribution in [3.8, 4) is 5.75 Å². The lowest BCUT2D eigenvalue weighted by Gasteiger charge is -2.34. The SMILES string of the molecule is COc1ccc(C(C(=O)NC(C)(C)C)N(C(=O)CCC(=O)Nc2cc(C)on2)c2cccc(Cl)c2)cc1. The third kappa shape index (κ3) is 7.82. The average molecular weight is 527 g/mol. The Morgan fingerprint density at radius 1 is 1.08 bits per heavy atom. The van der Waals surface area contributed by atoms with E-state index in [9.17, 15) is 14.4 Å². The van der Waals surface area contributed by atoms with Crippen LogP contribution in [0.25, 0.3) is 0 Å². The summed E-state index contributed by atoms with van der Waals surface area (Å²) in [6.45, 7) is 7.28. The minimum Gasteiger partial charge on any atom is -0.497 e. The number of amides is 3. The molecule has 37 heavy (non-hydrogen) atoms. The average Bonchev–Trinajstić information content (AvgIpc) is 3.24. The molecule has 3 aromatic rings. The van der Waals surface area contributed by atoms with E-state index in [2.05, 4.69) is 15.8 Å². The quantitative estimate of drug-likeness (QED) is 0.403. The van der Waals surface area contributed by atoms with Crippen molar-refractivity contribution >= 4 is 40.8 Å². The Labute approximate surface area is 221 Å². The topological polar surface area (TPSA) is 114 Å². The fraction of sp³-hybridized carbons (Fsp3) is 0.333. The van der Waals surface area contributed by atoms with Gasteiger partial charge in [0.1, 0.15) is 17.6 Å². The van der Waals surface area contributed by atoms with Gasteiger partial charge in [-0.05, 0) is 63.6 Å². The smallest absolute Gasteiger partial charge is 0.248 e. The predicted molar refractivity (Wildman–Crippen MR) is 142 cm³/mol. The first-order valence-corrected chi connectivity index (χ1v) is 12.1. The maximum atomic E-state index is 13.7. The van der Waals surface area contributed by atoms with Crippen molar-refractivity contribution in [3.05, 3.63) is 70.9 Å². The number of carbonyl (C=O) groups excluding carboxylic acids is 3. The summed E-state index contributed by atoms with van der Waals surface area (Å²) in [5.41, 5.74) is 0.439. The molecule has 0 aliphatic heterocycles. The van der Waals surface area contributed by atoms with Gasteiger partial charge in [0.2, 0.25) is 17.7 Å². The number of halogens is 1. The second-order valence-electron chi connectivity index (χ2n) is 9.53. The summed E-state index contributed by atoms with van der Waals surface area (Å²) in [6.07, 6.45) is -0.289. The number of nitrogens with zero attached hydrogens (tertiary/aromatic N) is 2. The zero-order valence-electron chi connectivity index (χ0n) is 21.5. The molecule has 1 unspecified atom stereocenters. The van der Waals surface area contributed by atoms with Gasteiger partial charge in [-0.25, -0.2) is 0 Å². The molecule has 1 atom stereocenters. The molecule has 1 aromatic heterocycles. The zero-order chi connectivity index (χ0) is 27.2. The van der Waals surface area contributed by atoms with Gasteiger partial charge >= 0.3 is 0 Å². The van der Waals surface area contributed by atoms with Gasteiger partial charge < -0.3 is 19.9 Å². The van der Waals surface area contributed by atoms with E-state index in [-0.39, 0.29) is 24.6 Å². The van der Waals surface area contributed by atoms with E-state index < -0.39 is 23.4 Å². The second kappa shape index (κ2) is 11.9. The lowest BCUT2D eigenvalue weighted by molar-refractivity contribution is -0.128. The Hall–Kier alpha value is -3.85. The van der Waals surface area contributed by atoms with Crippen LogP contribution in [0.3, 0.4) is 0 Å². The molecule has 196 valence electrons. The van der Waals surface area contributed by atoms with Gasteiger partial charge in [-0.15, -0.1) is 0 Å². The largest absolute Gasteiger partial charge is 0.497 e. The van der Waals surface area contributed by atoms with Gasteiger partial charge in [0.15, 0.2) is 5.82 Å². The molecule has 2 aromatic carbocycles. The summed E-state index contributed by atoms with van der Waals surface area (Å²) in [5, 5.41) is 9.71. The summed E-state index contributed by atoms with van der Waals surface area (Å²) < 4.78 is 10.2. The van der Waals surface area contributed by atoms with Gasteiger partial charge in [-0.3, -0.25) is 19.3 Å². The lowest BCUT2D eigenvalue weighted by atomic mass is 10.00. The van der Waals surface area contributed by atoms with E-state index in [4.69, 9.17) is 20.9 Å². The Bertz CT molecular complexity index is 1250. The Kier molecular flexibility index (Phi) is 8.94. The molecule has 0 fully saturated rings. The normalized spacial score (nSPS) is 11.9. The van der Waals surface area contributed by atoms with Crippen LogP contribution in [0.2, 0.25) is 5.02 Å². The fourth-order valence-corrected chi connectivity index (χ4v) is 3.86. The van der Waals surface area contributed by atoms with Gasteiger partial charge in [-0.2, -0.15) is 0 Å². The summed E-state index contributed by atoms with van der Waals surface area (Å²) in [6, 6.07) is 14.1. The number of nitrogens with one attached hydrogen (secondary N) is 2. The molecular weight excluding hydrogens is 496 g/mol. The number of hydrogen-bond donors (Lipinski definition) is 2. The van der Waals surface area contributed by atoms with Crippen LogP contribution in [0.15, 0.2) is 59.1 Å². The third-order valence-corrected chi connectivity index (χ3v) is 5.49. The predicted octanol–water partition coefficient (Wildman–Crippen LogP) is 5.05. The Balaban J connectivity index is 1.96. The molecule has 0 saturated carbocycles. The van der Waals surface area contributed by atoms with Gasteiger partial charge in [-0.1, -0.05) is 35.0 Å². The van der Waals surface area contributed by atoms with Crippen molar-refractivity contribution in [2.75, 3.05) is 17.3 Å². The molecule has 9 nitrogen and oxygen atoms in total. The molecule has 0 radical (unpaired) electrons. The number of benzene rings is 2. The van der Waals surface area contributed by atoms with E-state index in [0.29, 0.717) is 27.8 Å². The molecule has 0 spiro atoms. The van der Waals surface area contributed by atoms with Crippen LogP contribution in [0.5, 0.6) is 5.75 Å². The zero-order valence-corrected chi connectivity index (χ0v) is 22.3. The molecule has 1 heterocycles. The first-order chi connectivity index (χ1) is 17.5. The van der Waals surface area contributed by atoms with Crippen molar-refractivity contribution in [1.29, 1.82) is 0 Å². The van der Waals surface area contributed by atoms with Crippen LogP contribution in [0, 0.1) is 6.92 Å². The van der Waals surface area contributed by atoms with Gasteiger partial charge in [0.25, 0.3) is 0 Å². The first-order valence-electron chi connectivity index (χ1n) is 11.7. The molecule has 2 N–H and O–H groups in total. The minimum absolute atomic E-state index is 0.127. The lowest BCUT2D eigenvalue weighted by Crippen LogP contribution is -2.49. The maximum Gasteiger partial charge on any atom is 0.248 e. The van der Waals surface area contributed by atoms with Gasteiger partial charge in [0, 0.05) is 35.2 Å². The third-order valence-electron chi connectivity index (χ3n) is 5.25. The summed E-state index contributed by atoms with van der Waals surface area (Å²) in [7, 11) is 1.55. The maximum absolute atomic E-state index is 13.7. The highest BCUT2D eigenvalue weighted by Gasteiger charge is 2.34. The number of carbonyl (C=O) groups is 3. The van der Waals surface area contributed by atoms with Crippen molar-refractivity contribution in [3.63, 3.8) is 0 Å². The van der Waals surface area contributed by atoms with Crippen LogP contribution in [-0.4, -0.2) is 35.5 Å². The van der Waals surface area contributed by atoms with Crippen LogP contribution in [0.1, 0.15) is 51.0 Å². The van der Waals surface area contributed by atoms with Crippen LogP contribution in [-0.2, 0) is 14.4 Å². The van der Waals surface area contributed by atoms with Crippen LogP contribution in [0.4, 0.5) is 11.5 Å². The minimum atomic E-state index is -1.03. The molecule has 3 amide bonds. The standard InChI is InChI=1S/C27H31ClN4O5/c1-17-15-22(31-37-17)29-23(33)13-14-24(34)32(20-8-6-7-19(28)16-20)25(26(35)30-27(2,3)4)18-9-11-21(36-5)12-10-18/h6-12,15-16,25H,13-14H2,1-5H3,(H,30,35)(H,29,31,33).